The topological polar surface area (TPSA) is 84.2 Å². The minimum Gasteiger partial charge on any atom is -0.354 e. The highest BCUT2D eigenvalue weighted by atomic mass is 16.2. The van der Waals surface area contributed by atoms with Crippen LogP contribution in [0.2, 0.25) is 0 Å². The second-order valence-electron chi connectivity index (χ2n) is 4.39. The molecule has 0 spiro atoms. The van der Waals surface area contributed by atoms with E-state index in [9.17, 15) is 9.59 Å². The summed E-state index contributed by atoms with van der Waals surface area (Å²) in [5.41, 5.74) is 5.68. The van der Waals surface area contributed by atoms with E-state index in [-0.39, 0.29) is 29.8 Å². The third-order valence-electron chi connectivity index (χ3n) is 3.06. The van der Waals surface area contributed by atoms with Crippen LogP contribution in [0, 0.1) is 5.92 Å². The maximum atomic E-state index is 11.8. The van der Waals surface area contributed by atoms with E-state index in [1.165, 1.54) is 0 Å². The van der Waals surface area contributed by atoms with E-state index < -0.39 is 0 Å². The SMILES string of the molecule is NC1C=CC(C(=O)NC2CCCNC2=O)C1. The van der Waals surface area contributed by atoms with Crippen LogP contribution in [0.4, 0.5) is 0 Å². The molecule has 0 radical (unpaired) electrons. The summed E-state index contributed by atoms with van der Waals surface area (Å²) in [6, 6.07) is -0.401. The van der Waals surface area contributed by atoms with Gasteiger partial charge in [-0.3, -0.25) is 9.59 Å². The van der Waals surface area contributed by atoms with Crippen LogP contribution >= 0.6 is 0 Å². The molecule has 16 heavy (non-hydrogen) atoms. The van der Waals surface area contributed by atoms with Crippen LogP contribution in [0.5, 0.6) is 0 Å². The second-order valence-corrected chi connectivity index (χ2v) is 4.39. The Morgan fingerprint density at radius 2 is 2.31 bits per heavy atom. The monoisotopic (exact) mass is 223 g/mol. The summed E-state index contributed by atoms with van der Waals surface area (Å²) >= 11 is 0. The molecule has 88 valence electrons. The van der Waals surface area contributed by atoms with Gasteiger partial charge in [0.25, 0.3) is 0 Å². The van der Waals surface area contributed by atoms with Crippen LogP contribution in [0.15, 0.2) is 12.2 Å². The summed E-state index contributed by atoms with van der Waals surface area (Å²) in [5.74, 6) is -0.346. The van der Waals surface area contributed by atoms with Crippen LogP contribution < -0.4 is 16.4 Å². The summed E-state index contributed by atoms with van der Waals surface area (Å²) in [6.07, 6.45) is 5.93. The lowest BCUT2D eigenvalue weighted by atomic mass is 10.0. The number of carbonyl (C=O) groups is 2. The van der Waals surface area contributed by atoms with E-state index in [4.69, 9.17) is 5.73 Å². The summed E-state index contributed by atoms with van der Waals surface area (Å²) < 4.78 is 0. The maximum Gasteiger partial charge on any atom is 0.242 e. The highest BCUT2D eigenvalue weighted by molar-refractivity contribution is 5.89. The van der Waals surface area contributed by atoms with Gasteiger partial charge < -0.3 is 16.4 Å². The van der Waals surface area contributed by atoms with Gasteiger partial charge in [-0.05, 0) is 19.3 Å². The Morgan fingerprint density at radius 1 is 1.50 bits per heavy atom. The Morgan fingerprint density at radius 3 is 2.94 bits per heavy atom. The van der Waals surface area contributed by atoms with Gasteiger partial charge in [0, 0.05) is 12.6 Å². The Balaban J connectivity index is 1.87. The molecule has 3 unspecified atom stereocenters. The maximum absolute atomic E-state index is 11.8. The summed E-state index contributed by atoms with van der Waals surface area (Å²) in [5, 5.41) is 5.51. The smallest absolute Gasteiger partial charge is 0.242 e. The fourth-order valence-electron chi connectivity index (χ4n) is 2.11. The van der Waals surface area contributed by atoms with E-state index in [2.05, 4.69) is 10.6 Å². The minimum atomic E-state index is -0.369. The number of piperidine rings is 1. The molecule has 0 aromatic heterocycles. The van der Waals surface area contributed by atoms with E-state index >= 15 is 0 Å². The summed E-state index contributed by atoms with van der Waals surface area (Å²) in [6.45, 7) is 0.708. The average molecular weight is 223 g/mol. The largest absolute Gasteiger partial charge is 0.354 e. The first-order chi connectivity index (χ1) is 7.66. The molecule has 5 nitrogen and oxygen atoms in total. The molecule has 0 bridgehead atoms. The van der Waals surface area contributed by atoms with Gasteiger partial charge in [0.1, 0.15) is 6.04 Å². The van der Waals surface area contributed by atoms with Crippen LogP contribution in [-0.4, -0.2) is 30.4 Å². The highest BCUT2D eigenvalue weighted by Gasteiger charge is 2.28. The first-order valence-electron chi connectivity index (χ1n) is 5.69. The molecule has 2 aliphatic rings. The molecule has 1 fully saturated rings. The third kappa shape index (κ3) is 2.41. The van der Waals surface area contributed by atoms with Crippen molar-refractivity contribution >= 4 is 11.8 Å². The lowest BCUT2D eigenvalue weighted by molar-refractivity contribution is -0.131. The van der Waals surface area contributed by atoms with E-state index in [1.807, 2.05) is 12.2 Å². The van der Waals surface area contributed by atoms with Gasteiger partial charge in [0.15, 0.2) is 0 Å². The third-order valence-corrected chi connectivity index (χ3v) is 3.06. The first-order valence-corrected chi connectivity index (χ1v) is 5.69. The Labute approximate surface area is 94.5 Å². The molecule has 2 amide bonds. The predicted octanol–water partition coefficient (Wildman–Crippen LogP) is -0.715. The number of carbonyl (C=O) groups excluding carboxylic acids is 2. The van der Waals surface area contributed by atoms with E-state index in [0.29, 0.717) is 13.0 Å². The van der Waals surface area contributed by atoms with Crippen molar-refractivity contribution in [1.29, 1.82) is 0 Å². The molecule has 1 aliphatic carbocycles. The van der Waals surface area contributed by atoms with Gasteiger partial charge in [-0.2, -0.15) is 0 Å². The zero-order valence-corrected chi connectivity index (χ0v) is 9.11. The molecule has 3 atom stereocenters. The predicted molar refractivity (Wildman–Crippen MR) is 59.4 cm³/mol. The number of nitrogens with one attached hydrogen (secondary N) is 2. The van der Waals surface area contributed by atoms with Gasteiger partial charge in [-0.15, -0.1) is 0 Å². The van der Waals surface area contributed by atoms with Crippen molar-refractivity contribution in [2.45, 2.75) is 31.3 Å². The van der Waals surface area contributed by atoms with Crippen molar-refractivity contribution < 1.29 is 9.59 Å². The Bertz CT molecular complexity index is 327. The molecule has 1 saturated heterocycles. The van der Waals surface area contributed by atoms with Gasteiger partial charge >= 0.3 is 0 Å². The molecule has 0 saturated carbocycles. The van der Waals surface area contributed by atoms with Crippen LogP contribution in [0.1, 0.15) is 19.3 Å². The lowest BCUT2D eigenvalue weighted by Gasteiger charge is -2.23. The first kappa shape index (κ1) is 11.1. The van der Waals surface area contributed by atoms with Gasteiger partial charge in [-0.25, -0.2) is 0 Å². The van der Waals surface area contributed by atoms with Crippen molar-refractivity contribution in [3.05, 3.63) is 12.2 Å². The summed E-state index contributed by atoms with van der Waals surface area (Å²) in [7, 11) is 0. The number of hydrogen-bond acceptors (Lipinski definition) is 3. The van der Waals surface area contributed by atoms with Gasteiger partial charge in [0.05, 0.1) is 5.92 Å². The molecular formula is C11H17N3O2. The highest BCUT2D eigenvalue weighted by Crippen LogP contribution is 2.17. The molecule has 5 heteroatoms. The molecule has 4 N–H and O–H groups in total. The fraction of sp³-hybridized carbons (Fsp3) is 0.636. The molecule has 1 heterocycles. The van der Waals surface area contributed by atoms with Gasteiger partial charge in [0.2, 0.25) is 11.8 Å². The molecule has 1 aliphatic heterocycles. The van der Waals surface area contributed by atoms with Crippen molar-refractivity contribution in [3.63, 3.8) is 0 Å². The van der Waals surface area contributed by atoms with Crippen LogP contribution in [-0.2, 0) is 9.59 Å². The molecule has 0 aromatic carbocycles. The van der Waals surface area contributed by atoms with Crippen molar-refractivity contribution in [3.8, 4) is 0 Å². The van der Waals surface area contributed by atoms with Crippen molar-refractivity contribution in [2.24, 2.45) is 11.7 Å². The van der Waals surface area contributed by atoms with E-state index in [1.54, 1.807) is 0 Å². The number of amides is 2. The van der Waals surface area contributed by atoms with Crippen molar-refractivity contribution in [1.82, 2.24) is 10.6 Å². The number of nitrogens with two attached hydrogens (primary N) is 1. The Hall–Kier alpha value is -1.36. The lowest BCUT2D eigenvalue weighted by Crippen LogP contribution is -2.51. The molecular weight excluding hydrogens is 206 g/mol. The number of hydrogen-bond donors (Lipinski definition) is 3. The van der Waals surface area contributed by atoms with E-state index in [0.717, 1.165) is 12.8 Å². The standard InChI is InChI=1S/C11H17N3O2/c12-8-4-3-7(6-8)10(15)14-9-2-1-5-13-11(9)16/h3-4,7-9H,1-2,5-6,12H2,(H,13,16)(H,14,15). The molecule has 2 rings (SSSR count). The summed E-state index contributed by atoms with van der Waals surface area (Å²) in [4.78, 5) is 23.2. The zero-order valence-electron chi connectivity index (χ0n) is 9.11. The minimum absolute atomic E-state index is 0.0315. The van der Waals surface area contributed by atoms with Crippen LogP contribution in [0.3, 0.4) is 0 Å². The second kappa shape index (κ2) is 4.65. The van der Waals surface area contributed by atoms with Crippen LogP contribution in [0.25, 0.3) is 0 Å². The normalized spacial score (nSPS) is 33.6. The average Bonchev–Trinajstić information content (AvgIpc) is 2.68. The molecule has 0 aromatic rings. The zero-order chi connectivity index (χ0) is 11.5. The van der Waals surface area contributed by atoms with Gasteiger partial charge in [-0.1, -0.05) is 12.2 Å². The van der Waals surface area contributed by atoms with Crippen molar-refractivity contribution in [2.75, 3.05) is 6.54 Å². The quantitative estimate of drug-likeness (QED) is 0.540. The fourth-order valence-corrected chi connectivity index (χ4v) is 2.11. The Kier molecular flexibility index (Phi) is 3.24. The number of rotatable bonds is 2.